The lowest BCUT2D eigenvalue weighted by Gasteiger charge is -2.07. The van der Waals surface area contributed by atoms with Crippen LogP contribution in [0.3, 0.4) is 0 Å². The van der Waals surface area contributed by atoms with E-state index in [1.54, 1.807) is 0 Å². The van der Waals surface area contributed by atoms with Crippen LogP contribution in [0.5, 0.6) is 0 Å². The molecule has 0 aliphatic heterocycles. The fourth-order valence-electron chi connectivity index (χ4n) is 1.48. The Labute approximate surface area is 110 Å². The van der Waals surface area contributed by atoms with E-state index in [1.807, 2.05) is 18.2 Å². The first-order valence-corrected chi connectivity index (χ1v) is 6.58. The molecule has 1 aromatic carbocycles. The Balaban J connectivity index is 2.13. The quantitative estimate of drug-likeness (QED) is 0.592. The SMILES string of the molecule is CCCCOCC(O)CC#CCc1ccccc1. The van der Waals surface area contributed by atoms with Crippen molar-refractivity contribution in [2.45, 2.75) is 38.7 Å². The summed E-state index contributed by atoms with van der Waals surface area (Å²) in [5.41, 5.74) is 1.21. The van der Waals surface area contributed by atoms with Gasteiger partial charge in [-0.25, -0.2) is 0 Å². The van der Waals surface area contributed by atoms with Crippen LogP contribution in [0.15, 0.2) is 30.3 Å². The van der Waals surface area contributed by atoms with Gasteiger partial charge in [-0.1, -0.05) is 49.6 Å². The molecule has 1 aromatic rings. The molecule has 1 unspecified atom stereocenters. The number of ether oxygens (including phenoxy) is 1. The maximum atomic E-state index is 9.62. The third-order valence-electron chi connectivity index (χ3n) is 2.55. The van der Waals surface area contributed by atoms with Gasteiger partial charge in [0.2, 0.25) is 0 Å². The molecule has 0 saturated heterocycles. The van der Waals surface area contributed by atoms with E-state index in [9.17, 15) is 5.11 Å². The van der Waals surface area contributed by atoms with E-state index in [1.165, 1.54) is 5.56 Å². The van der Waals surface area contributed by atoms with E-state index in [2.05, 4.69) is 30.9 Å². The first-order valence-electron chi connectivity index (χ1n) is 6.58. The lowest BCUT2D eigenvalue weighted by molar-refractivity contribution is 0.0383. The molecule has 2 heteroatoms. The topological polar surface area (TPSA) is 29.5 Å². The van der Waals surface area contributed by atoms with Crippen LogP contribution in [-0.4, -0.2) is 24.4 Å². The van der Waals surface area contributed by atoms with Gasteiger partial charge in [0.25, 0.3) is 0 Å². The van der Waals surface area contributed by atoms with Gasteiger partial charge in [-0.05, 0) is 12.0 Å². The normalized spacial score (nSPS) is 11.7. The molecule has 0 radical (unpaired) electrons. The second-order valence-corrected chi connectivity index (χ2v) is 4.30. The number of aliphatic hydroxyl groups is 1. The van der Waals surface area contributed by atoms with Crippen molar-refractivity contribution in [2.75, 3.05) is 13.2 Å². The number of unbranched alkanes of at least 4 members (excludes halogenated alkanes) is 1. The molecule has 0 aliphatic carbocycles. The van der Waals surface area contributed by atoms with Gasteiger partial charge in [-0.3, -0.25) is 0 Å². The van der Waals surface area contributed by atoms with Crippen LogP contribution in [0.4, 0.5) is 0 Å². The van der Waals surface area contributed by atoms with E-state index < -0.39 is 6.10 Å². The van der Waals surface area contributed by atoms with Crippen molar-refractivity contribution >= 4 is 0 Å². The molecule has 1 rings (SSSR count). The van der Waals surface area contributed by atoms with Crippen molar-refractivity contribution in [2.24, 2.45) is 0 Å². The predicted molar refractivity (Wildman–Crippen MR) is 74.3 cm³/mol. The number of hydrogen-bond donors (Lipinski definition) is 1. The molecule has 0 fully saturated rings. The van der Waals surface area contributed by atoms with Crippen LogP contribution in [-0.2, 0) is 11.2 Å². The highest BCUT2D eigenvalue weighted by molar-refractivity contribution is 5.20. The number of aliphatic hydroxyl groups excluding tert-OH is 1. The predicted octanol–water partition coefficient (Wildman–Crippen LogP) is 2.80. The van der Waals surface area contributed by atoms with Crippen molar-refractivity contribution in [3.63, 3.8) is 0 Å². The first kappa shape index (κ1) is 14.8. The molecule has 1 N–H and O–H groups in total. The number of hydrogen-bond acceptors (Lipinski definition) is 2. The zero-order valence-corrected chi connectivity index (χ0v) is 11.1. The summed E-state index contributed by atoms with van der Waals surface area (Å²) in [4.78, 5) is 0. The van der Waals surface area contributed by atoms with E-state index >= 15 is 0 Å². The first-order chi connectivity index (χ1) is 8.83. The van der Waals surface area contributed by atoms with Crippen molar-refractivity contribution in [3.05, 3.63) is 35.9 Å². The highest BCUT2D eigenvalue weighted by atomic mass is 16.5. The van der Waals surface area contributed by atoms with Crippen molar-refractivity contribution in [1.29, 1.82) is 0 Å². The van der Waals surface area contributed by atoms with Gasteiger partial charge in [0, 0.05) is 19.4 Å². The standard InChI is InChI=1S/C16H22O2/c1-2-3-13-18-14-16(17)12-8-7-11-15-9-5-4-6-10-15/h4-6,9-10,16-17H,2-3,11-14H2,1H3. The Kier molecular flexibility index (Phi) is 7.96. The summed E-state index contributed by atoms with van der Waals surface area (Å²) in [5.74, 6) is 6.06. The van der Waals surface area contributed by atoms with Crippen molar-refractivity contribution in [1.82, 2.24) is 0 Å². The molecular formula is C16H22O2. The van der Waals surface area contributed by atoms with Crippen LogP contribution in [0.2, 0.25) is 0 Å². The molecule has 2 nitrogen and oxygen atoms in total. The van der Waals surface area contributed by atoms with Crippen LogP contribution in [0.1, 0.15) is 31.7 Å². The second-order valence-electron chi connectivity index (χ2n) is 4.30. The molecule has 0 amide bonds. The molecule has 0 saturated carbocycles. The highest BCUT2D eigenvalue weighted by Gasteiger charge is 2.00. The Morgan fingerprint density at radius 2 is 2.00 bits per heavy atom. The summed E-state index contributed by atoms with van der Waals surface area (Å²) in [5, 5.41) is 9.62. The minimum absolute atomic E-state index is 0.389. The fourth-order valence-corrected chi connectivity index (χ4v) is 1.48. The van der Waals surface area contributed by atoms with Crippen molar-refractivity contribution in [3.8, 4) is 11.8 Å². The number of rotatable bonds is 7. The minimum Gasteiger partial charge on any atom is -0.390 e. The minimum atomic E-state index is -0.467. The summed E-state index contributed by atoms with van der Waals surface area (Å²) in [7, 11) is 0. The highest BCUT2D eigenvalue weighted by Crippen LogP contribution is 1.99. The van der Waals surface area contributed by atoms with Gasteiger partial charge in [0.05, 0.1) is 12.7 Å². The van der Waals surface area contributed by atoms with Gasteiger partial charge < -0.3 is 9.84 Å². The summed E-state index contributed by atoms with van der Waals surface area (Å²) >= 11 is 0. The molecule has 0 heterocycles. The molecule has 0 aliphatic rings. The third-order valence-corrected chi connectivity index (χ3v) is 2.55. The van der Waals surface area contributed by atoms with Gasteiger partial charge in [-0.2, -0.15) is 0 Å². The Morgan fingerprint density at radius 3 is 2.72 bits per heavy atom. The average Bonchev–Trinajstić information content (AvgIpc) is 2.41. The second kappa shape index (κ2) is 9.70. The molecule has 98 valence electrons. The Hall–Kier alpha value is -1.30. The number of benzene rings is 1. The summed E-state index contributed by atoms with van der Waals surface area (Å²) < 4.78 is 5.33. The summed E-state index contributed by atoms with van der Waals surface area (Å²) in [6.45, 7) is 3.24. The lowest BCUT2D eigenvalue weighted by Crippen LogP contribution is -2.14. The molecule has 1 atom stereocenters. The van der Waals surface area contributed by atoms with Gasteiger partial charge in [0.1, 0.15) is 0 Å². The zero-order valence-electron chi connectivity index (χ0n) is 11.1. The maximum Gasteiger partial charge on any atom is 0.0882 e. The summed E-state index contributed by atoms with van der Waals surface area (Å²) in [6.07, 6.45) is 2.92. The summed E-state index contributed by atoms with van der Waals surface area (Å²) in [6, 6.07) is 10.1. The van der Waals surface area contributed by atoms with Crippen molar-refractivity contribution < 1.29 is 9.84 Å². The molecule has 0 aromatic heterocycles. The van der Waals surface area contributed by atoms with Gasteiger partial charge in [-0.15, -0.1) is 5.92 Å². The Bertz CT molecular complexity index is 362. The van der Waals surface area contributed by atoms with Crippen LogP contribution >= 0.6 is 0 Å². The van der Waals surface area contributed by atoms with Gasteiger partial charge >= 0.3 is 0 Å². The fraction of sp³-hybridized carbons (Fsp3) is 0.500. The van der Waals surface area contributed by atoms with Crippen LogP contribution in [0, 0.1) is 11.8 Å². The molecular weight excluding hydrogens is 224 g/mol. The monoisotopic (exact) mass is 246 g/mol. The largest absolute Gasteiger partial charge is 0.390 e. The average molecular weight is 246 g/mol. The van der Waals surface area contributed by atoms with E-state index in [-0.39, 0.29) is 0 Å². The Morgan fingerprint density at radius 1 is 1.22 bits per heavy atom. The smallest absolute Gasteiger partial charge is 0.0882 e. The van der Waals surface area contributed by atoms with E-state index in [0.29, 0.717) is 13.0 Å². The molecule has 0 bridgehead atoms. The third kappa shape index (κ3) is 7.11. The van der Waals surface area contributed by atoms with Gasteiger partial charge in [0.15, 0.2) is 0 Å². The lowest BCUT2D eigenvalue weighted by atomic mass is 10.1. The molecule has 18 heavy (non-hydrogen) atoms. The van der Waals surface area contributed by atoms with E-state index in [0.717, 1.165) is 25.9 Å². The molecule has 0 spiro atoms. The maximum absolute atomic E-state index is 9.62. The van der Waals surface area contributed by atoms with Crippen LogP contribution in [0.25, 0.3) is 0 Å². The van der Waals surface area contributed by atoms with Crippen LogP contribution < -0.4 is 0 Å². The van der Waals surface area contributed by atoms with E-state index in [4.69, 9.17) is 4.74 Å². The zero-order chi connectivity index (χ0) is 13.1.